The van der Waals surface area contributed by atoms with E-state index in [9.17, 15) is 0 Å². The van der Waals surface area contributed by atoms with Crippen LogP contribution in [0.4, 0.5) is 11.4 Å². The van der Waals surface area contributed by atoms with Gasteiger partial charge in [0, 0.05) is 6.54 Å². The van der Waals surface area contributed by atoms with Crippen molar-refractivity contribution in [1.82, 2.24) is 0 Å². The zero-order valence-electron chi connectivity index (χ0n) is 9.35. The number of nitriles is 1. The van der Waals surface area contributed by atoms with Crippen LogP contribution in [0.15, 0.2) is 12.1 Å². The lowest BCUT2D eigenvalue weighted by molar-refractivity contribution is 0.0705. The Labute approximate surface area is 99.3 Å². The second-order valence-electron chi connectivity index (χ2n) is 4.22. The van der Waals surface area contributed by atoms with Crippen LogP contribution < -0.4 is 15.4 Å². The SMILES string of the molecule is N#Cc1c(N)ccc2c1OC[C@H]1COCCN21. The summed E-state index contributed by atoms with van der Waals surface area (Å²) in [5.41, 5.74) is 7.64. The summed E-state index contributed by atoms with van der Waals surface area (Å²) in [6.07, 6.45) is 0. The lowest BCUT2D eigenvalue weighted by atomic mass is 10.1. The highest BCUT2D eigenvalue weighted by Gasteiger charge is 2.32. The highest BCUT2D eigenvalue weighted by Crippen LogP contribution is 2.39. The van der Waals surface area contributed by atoms with Crippen molar-refractivity contribution in [2.75, 3.05) is 37.0 Å². The summed E-state index contributed by atoms with van der Waals surface area (Å²) in [5.74, 6) is 0.616. The topological polar surface area (TPSA) is 71.5 Å². The molecule has 0 saturated carbocycles. The molecule has 2 heterocycles. The number of anilines is 2. The molecule has 0 spiro atoms. The second kappa shape index (κ2) is 3.82. The molecule has 0 amide bonds. The average molecular weight is 231 g/mol. The van der Waals surface area contributed by atoms with Gasteiger partial charge in [-0.25, -0.2) is 0 Å². The van der Waals surface area contributed by atoms with Crippen LogP contribution in [-0.2, 0) is 4.74 Å². The summed E-state index contributed by atoms with van der Waals surface area (Å²) in [5, 5.41) is 9.12. The summed E-state index contributed by atoms with van der Waals surface area (Å²) < 4.78 is 11.1. The molecule has 2 aliphatic heterocycles. The fourth-order valence-corrected chi connectivity index (χ4v) is 2.36. The van der Waals surface area contributed by atoms with Gasteiger partial charge < -0.3 is 20.1 Å². The second-order valence-corrected chi connectivity index (χ2v) is 4.22. The molecule has 1 saturated heterocycles. The van der Waals surface area contributed by atoms with Crippen LogP contribution in [0.25, 0.3) is 0 Å². The molecule has 5 heteroatoms. The first-order valence-electron chi connectivity index (χ1n) is 5.61. The van der Waals surface area contributed by atoms with Gasteiger partial charge >= 0.3 is 0 Å². The number of benzene rings is 1. The van der Waals surface area contributed by atoms with Crippen molar-refractivity contribution in [3.8, 4) is 11.8 Å². The van der Waals surface area contributed by atoms with Crippen LogP contribution in [-0.4, -0.2) is 32.4 Å². The molecule has 0 radical (unpaired) electrons. The Kier molecular flexibility index (Phi) is 2.30. The van der Waals surface area contributed by atoms with Gasteiger partial charge in [-0.1, -0.05) is 0 Å². The predicted octanol–water partition coefficient (Wildman–Crippen LogP) is 0.738. The zero-order valence-corrected chi connectivity index (χ0v) is 9.35. The first-order chi connectivity index (χ1) is 8.31. The highest BCUT2D eigenvalue weighted by atomic mass is 16.5. The Hall–Kier alpha value is -1.93. The van der Waals surface area contributed by atoms with Gasteiger partial charge in [-0.15, -0.1) is 0 Å². The minimum Gasteiger partial charge on any atom is -0.488 e. The molecule has 1 atom stereocenters. The number of hydrogen-bond donors (Lipinski definition) is 1. The maximum Gasteiger partial charge on any atom is 0.162 e. The number of hydrogen-bond acceptors (Lipinski definition) is 5. The van der Waals surface area contributed by atoms with E-state index < -0.39 is 0 Å². The predicted molar refractivity (Wildman–Crippen MR) is 63.0 cm³/mol. The smallest absolute Gasteiger partial charge is 0.162 e. The molecule has 0 aromatic heterocycles. The average Bonchev–Trinajstić information content (AvgIpc) is 2.38. The van der Waals surface area contributed by atoms with Crippen molar-refractivity contribution >= 4 is 11.4 Å². The Morgan fingerprint density at radius 2 is 2.29 bits per heavy atom. The van der Waals surface area contributed by atoms with E-state index >= 15 is 0 Å². The molecule has 2 aliphatic rings. The summed E-state index contributed by atoms with van der Waals surface area (Å²) in [6, 6.07) is 6.04. The molecule has 1 aromatic carbocycles. The number of morpholine rings is 1. The third-order valence-electron chi connectivity index (χ3n) is 3.24. The largest absolute Gasteiger partial charge is 0.488 e. The van der Waals surface area contributed by atoms with E-state index in [4.69, 9.17) is 20.5 Å². The third kappa shape index (κ3) is 1.49. The van der Waals surface area contributed by atoms with Crippen molar-refractivity contribution in [2.24, 2.45) is 0 Å². The van der Waals surface area contributed by atoms with Gasteiger partial charge in [0.05, 0.1) is 30.6 Å². The lowest BCUT2D eigenvalue weighted by Crippen LogP contribution is -2.51. The first-order valence-corrected chi connectivity index (χ1v) is 5.61. The van der Waals surface area contributed by atoms with Crippen LogP contribution >= 0.6 is 0 Å². The van der Waals surface area contributed by atoms with E-state index in [1.807, 2.05) is 6.07 Å². The Morgan fingerprint density at radius 3 is 3.12 bits per heavy atom. The quantitative estimate of drug-likeness (QED) is 0.667. The van der Waals surface area contributed by atoms with E-state index in [2.05, 4.69) is 11.0 Å². The molecule has 5 nitrogen and oxygen atoms in total. The van der Waals surface area contributed by atoms with Crippen molar-refractivity contribution in [1.29, 1.82) is 5.26 Å². The van der Waals surface area contributed by atoms with Gasteiger partial charge in [0.2, 0.25) is 0 Å². The Balaban J connectivity index is 2.09. The van der Waals surface area contributed by atoms with Crippen molar-refractivity contribution in [2.45, 2.75) is 6.04 Å². The van der Waals surface area contributed by atoms with E-state index in [1.165, 1.54) is 0 Å². The molecule has 0 unspecified atom stereocenters. The van der Waals surface area contributed by atoms with Crippen molar-refractivity contribution in [3.05, 3.63) is 17.7 Å². The number of nitrogens with two attached hydrogens (primary N) is 1. The molecule has 2 N–H and O–H groups in total. The molecule has 1 fully saturated rings. The fourth-order valence-electron chi connectivity index (χ4n) is 2.36. The minimum absolute atomic E-state index is 0.242. The number of fused-ring (bicyclic) bond motifs is 3. The molecule has 0 aliphatic carbocycles. The van der Waals surface area contributed by atoms with E-state index in [0.29, 0.717) is 36.8 Å². The van der Waals surface area contributed by atoms with Crippen molar-refractivity contribution in [3.63, 3.8) is 0 Å². The maximum atomic E-state index is 9.12. The lowest BCUT2D eigenvalue weighted by Gasteiger charge is -2.41. The summed E-state index contributed by atoms with van der Waals surface area (Å²) in [7, 11) is 0. The third-order valence-corrected chi connectivity index (χ3v) is 3.24. The maximum absolute atomic E-state index is 9.12. The normalized spacial score (nSPS) is 22.1. The summed E-state index contributed by atoms with van der Waals surface area (Å²) >= 11 is 0. The van der Waals surface area contributed by atoms with Gasteiger partial charge in [-0.2, -0.15) is 5.26 Å². The van der Waals surface area contributed by atoms with Crippen LogP contribution in [0.2, 0.25) is 0 Å². The molecule has 3 rings (SSSR count). The van der Waals surface area contributed by atoms with Crippen molar-refractivity contribution < 1.29 is 9.47 Å². The van der Waals surface area contributed by atoms with Gasteiger partial charge in [-0.3, -0.25) is 0 Å². The standard InChI is InChI=1S/C12H13N3O2/c13-5-9-10(14)1-2-11-12(9)17-7-8-6-16-4-3-15(8)11/h1-2,8H,3-4,6-7,14H2/t8-/m1/s1. The molecule has 0 bridgehead atoms. The van der Waals surface area contributed by atoms with E-state index in [0.717, 1.165) is 12.2 Å². The van der Waals surface area contributed by atoms with Crippen LogP contribution in [0, 0.1) is 11.3 Å². The van der Waals surface area contributed by atoms with Gasteiger partial charge in [0.25, 0.3) is 0 Å². The number of rotatable bonds is 0. The van der Waals surface area contributed by atoms with Gasteiger partial charge in [0.1, 0.15) is 18.2 Å². The summed E-state index contributed by atoms with van der Waals surface area (Å²) in [4.78, 5) is 2.24. The van der Waals surface area contributed by atoms with Gasteiger partial charge in [0.15, 0.2) is 5.75 Å². The van der Waals surface area contributed by atoms with Crippen LogP contribution in [0.1, 0.15) is 5.56 Å². The molecular formula is C12H13N3O2. The number of ether oxygens (including phenoxy) is 2. The fraction of sp³-hybridized carbons (Fsp3) is 0.417. The Bertz CT molecular complexity index is 495. The van der Waals surface area contributed by atoms with E-state index in [-0.39, 0.29) is 6.04 Å². The first kappa shape index (κ1) is 10.2. The minimum atomic E-state index is 0.242. The molecule has 17 heavy (non-hydrogen) atoms. The van der Waals surface area contributed by atoms with Gasteiger partial charge in [-0.05, 0) is 12.1 Å². The monoisotopic (exact) mass is 231 g/mol. The van der Waals surface area contributed by atoms with E-state index in [1.54, 1.807) is 6.07 Å². The van der Waals surface area contributed by atoms with Crippen LogP contribution in [0.3, 0.4) is 0 Å². The highest BCUT2D eigenvalue weighted by molar-refractivity contribution is 5.74. The number of nitrogen functional groups attached to an aromatic ring is 1. The van der Waals surface area contributed by atoms with Crippen LogP contribution in [0.5, 0.6) is 5.75 Å². The Morgan fingerprint density at radius 1 is 1.41 bits per heavy atom. The molecular weight excluding hydrogens is 218 g/mol. The number of nitrogens with zero attached hydrogens (tertiary/aromatic N) is 2. The summed E-state index contributed by atoms with van der Waals surface area (Å²) in [6.45, 7) is 2.76. The molecule has 88 valence electrons. The zero-order chi connectivity index (χ0) is 11.8. The molecule has 1 aromatic rings.